The molecule has 3 atom stereocenters. The molecule has 7 nitrogen and oxygen atoms in total. The molecule has 0 aromatic heterocycles. The number of halogens is 1. The summed E-state index contributed by atoms with van der Waals surface area (Å²) in [6.07, 6.45) is -0.193. The highest BCUT2D eigenvalue weighted by Gasteiger charge is 2.54. The molecule has 3 aromatic carbocycles. The van der Waals surface area contributed by atoms with Crippen molar-refractivity contribution in [2.24, 2.45) is 0 Å². The summed E-state index contributed by atoms with van der Waals surface area (Å²) in [7, 11) is 0. The lowest BCUT2D eigenvalue weighted by molar-refractivity contribution is -0.157. The first kappa shape index (κ1) is 25.6. The predicted octanol–water partition coefficient (Wildman–Crippen LogP) is 3.94. The van der Waals surface area contributed by atoms with Crippen LogP contribution in [0.25, 0.3) is 0 Å². The van der Waals surface area contributed by atoms with Crippen LogP contribution in [0.15, 0.2) is 96.6 Å². The van der Waals surface area contributed by atoms with E-state index >= 15 is 0 Å². The molecule has 1 aliphatic carbocycles. The van der Waals surface area contributed by atoms with Gasteiger partial charge in [-0.1, -0.05) is 66.7 Å². The number of hydrogen-bond donors (Lipinski definition) is 2. The van der Waals surface area contributed by atoms with E-state index in [-0.39, 0.29) is 25.5 Å². The van der Waals surface area contributed by atoms with Gasteiger partial charge in [0.05, 0.1) is 12.2 Å². The van der Waals surface area contributed by atoms with Gasteiger partial charge in [0.25, 0.3) is 0 Å². The molecule has 3 unspecified atom stereocenters. The normalized spacial score (nSPS) is 22.0. The average Bonchev–Trinajstić information content (AvgIpc) is 3.34. The molecule has 0 saturated carbocycles. The number of aliphatic hydroxyl groups is 1. The van der Waals surface area contributed by atoms with E-state index in [9.17, 15) is 9.59 Å². The van der Waals surface area contributed by atoms with Crippen LogP contribution in [0.5, 0.6) is 0 Å². The smallest absolute Gasteiger partial charge is 0.338 e. The Morgan fingerprint density at radius 2 is 1.65 bits per heavy atom. The first-order valence-corrected chi connectivity index (χ1v) is 13.1. The van der Waals surface area contributed by atoms with Crippen LogP contribution in [0.1, 0.15) is 27.9 Å². The third-order valence-electron chi connectivity index (χ3n) is 6.40. The van der Waals surface area contributed by atoms with Gasteiger partial charge in [0.2, 0.25) is 11.7 Å². The molecule has 1 aliphatic heterocycles. The van der Waals surface area contributed by atoms with Gasteiger partial charge in [-0.25, -0.2) is 4.79 Å². The highest BCUT2D eigenvalue weighted by molar-refractivity contribution is 14.1. The number of ether oxygens (including phenoxy) is 3. The molecule has 2 N–H and O–H groups in total. The summed E-state index contributed by atoms with van der Waals surface area (Å²) >= 11 is 2.14. The van der Waals surface area contributed by atoms with Gasteiger partial charge in [-0.2, -0.15) is 0 Å². The van der Waals surface area contributed by atoms with E-state index in [2.05, 4.69) is 27.9 Å². The van der Waals surface area contributed by atoms with Gasteiger partial charge in [-0.15, -0.1) is 0 Å². The molecule has 1 heterocycles. The SMILES string of the molecule is O=C(NCCO)C1=CC2OC(c3ccccc3)(c3ccccc3)OC2C(OC(=O)c2cccc(I)c2)C1. The summed E-state index contributed by atoms with van der Waals surface area (Å²) < 4.78 is 20.2. The second-order valence-corrected chi connectivity index (χ2v) is 10.1. The molecule has 2 aliphatic rings. The van der Waals surface area contributed by atoms with Crippen molar-refractivity contribution in [2.45, 2.75) is 30.5 Å². The number of carbonyl (C=O) groups excluding carboxylic acids is 2. The van der Waals surface area contributed by atoms with Gasteiger partial charge in [0, 0.05) is 33.2 Å². The fourth-order valence-corrected chi connectivity index (χ4v) is 5.24. The van der Waals surface area contributed by atoms with E-state index in [1.165, 1.54) is 0 Å². The molecule has 0 bridgehead atoms. The summed E-state index contributed by atoms with van der Waals surface area (Å²) in [5.74, 6) is -2.10. The first-order valence-electron chi connectivity index (χ1n) is 12.0. The minimum absolute atomic E-state index is 0.118. The highest BCUT2D eigenvalue weighted by Crippen LogP contribution is 2.47. The second kappa shape index (κ2) is 11.1. The Morgan fingerprint density at radius 1 is 0.973 bits per heavy atom. The average molecular weight is 611 g/mol. The van der Waals surface area contributed by atoms with Crippen molar-refractivity contribution in [1.29, 1.82) is 0 Å². The Kier molecular flexibility index (Phi) is 7.71. The van der Waals surface area contributed by atoms with Crippen LogP contribution in [-0.4, -0.2) is 48.4 Å². The van der Waals surface area contributed by atoms with E-state index in [0.717, 1.165) is 14.7 Å². The molecule has 1 fully saturated rings. The van der Waals surface area contributed by atoms with E-state index in [1.807, 2.05) is 66.7 Å². The molecule has 8 heteroatoms. The van der Waals surface area contributed by atoms with Crippen LogP contribution in [-0.2, 0) is 24.8 Å². The molecule has 37 heavy (non-hydrogen) atoms. The van der Waals surface area contributed by atoms with Crippen LogP contribution in [0.3, 0.4) is 0 Å². The Morgan fingerprint density at radius 3 is 2.27 bits per heavy atom. The third kappa shape index (κ3) is 5.33. The van der Waals surface area contributed by atoms with Crippen molar-refractivity contribution in [3.8, 4) is 0 Å². The minimum Gasteiger partial charge on any atom is -0.456 e. The predicted molar refractivity (Wildman–Crippen MR) is 145 cm³/mol. The maximum Gasteiger partial charge on any atom is 0.338 e. The van der Waals surface area contributed by atoms with Crippen LogP contribution < -0.4 is 5.32 Å². The molecule has 0 spiro atoms. The van der Waals surface area contributed by atoms with E-state index in [4.69, 9.17) is 19.3 Å². The Balaban J connectivity index is 1.53. The van der Waals surface area contributed by atoms with Crippen molar-refractivity contribution >= 4 is 34.5 Å². The summed E-state index contributed by atoms with van der Waals surface area (Å²) in [4.78, 5) is 26.0. The maximum absolute atomic E-state index is 13.1. The second-order valence-electron chi connectivity index (χ2n) is 8.84. The van der Waals surface area contributed by atoms with Crippen molar-refractivity contribution in [2.75, 3.05) is 13.2 Å². The number of rotatable bonds is 7. The van der Waals surface area contributed by atoms with E-state index < -0.39 is 30.1 Å². The summed E-state index contributed by atoms with van der Waals surface area (Å²) in [5.41, 5.74) is 2.41. The Hall–Kier alpha value is -3.05. The Labute approximate surface area is 228 Å². The molecule has 1 saturated heterocycles. The van der Waals surface area contributed by atoms with Crippen molar-refractivity contribution in [3.63, 3.8) is 0 Å². The minimum atomic E-state index is -1.25. The number of carbonyl (C=O) groups is 2. The van der Waals surface area contributed by atoms with Crippen molar-refractivity contribution < 1.29 is 28.9 Å². The monoisotopic (exact) mass is 611 g/mol. The fourth-order valence-electron chi connectivity index (χ4n) is 4.70. The number of amides is 1. The number of nitrogens with one attached hydrogen (secondary N) is 1. The summed E-state index contributed by atoms with van der Waals surface area (Å²) in [6.45, 7) is -0.0621. The van der Waals surface area contributed by atoms with Crippen LogP contribution >= 0.6 is 22.6 Å². The molecule has 3 aromatic rings. The lowest BCUT2D eigenvalue weighted by atomic mass is 9.91. The van der Waals surface area contributed by atoms with Crippen molar-refractivity contribution in [1.82, 2.24) is 5.32 Å². The molecule has 190 valence electrons. The van der Waals surface area contributed by atoms with Gasteiger partial charge < -0.3 is 24.6 Å². The number of esters is 1. The standard InChI is InChI=1S/C29H26INO6/c30-23-13-7-8-19(16-23)28(34)35-24-17-20(27(33)31-14-15-32)18-25-26(24)37-29(36-25,21-9-3-1-4-10-21)22-11-5-2-6-12-22/h1-13,16,18,24-26,32H,14-15,17H2,(H,31,33). The lowest BCUT2D eigenvalue weighted by Crippen LogP contribution is -2.43. The summed E-state index contributed by atoms with van der Waals surface area (Å²) in [5, 5.41) is 11.8. The molecular weight excluding hydrogens is 585 g/mol. The zero-order chi connectivity index (χ0) is 25.8. The van der Waals surface area contributed by atoms with Gasteiger partial charge in [0.1, 0.15) is 18.3 Å². The van der Waals surface area contributed by atoms with Crippen LogP contribution in [0, 0.1) is 3.57 Å². The van der Waals surface area contributed by atoms with E-state index in [1.54, 1.807) is 24.3 Å². The molecular formula is C29H26INO6. The van der Waals surface area contributed by atoms with Gasteiger partial charge in [-0.3, -0.25) is 4.79 Å². The lowest BCUT2D eigenvalue weighted by Gasteiger charge is -2.31. The molecule has 1 amide bonds. The van der Waals surface area contributed by atoms with E-state index in [0.29, 0.717) is 11.1 Å². The Bertz CT molecular complexity index is 1260. The number of aliphatic hydroxyl groups excluding tert-OH is 1. The number of fused-ring (bicyclic) bond motifs is 1. The zero-order valence-corrected chi connectivity index (χ0v) is 22.0. The molecule has 0 radical (unpaired) electrons. The van der Waals surface area contributed by atoms with Crippen LogP contribution in [0.2, 0.25) is 0 Å². The quantitative estimate of drug-likeness (QED) is 0.311. The van der Waals surface area contributed by atoms with Gasteiger partial charge >= 0.3 is 5.97 Å². The molecule has 5 rings (SSSR count). The number of benzene rings is 3. The highest BCUT2D eigenvalue weighted by atomic mass is 127. The first-order chi connectivity index (χ1) is 18.0. The third-order valence-corrected chi connectivity index (χ3v) is 7.07. The topological polar surface area (TPSA) is 94.1 Å². The van der Waals surface area contributed by atoms with Gasteiger partial charge in [0.15, 0.2) is 0 Å². The van der Waals surface area contributed by atoms with Crippen LogP contribution in [0.4, 0.5) is 0 Å². The fraction of sp³-hybridized carbons (Fsp3) is 0.241. The number of hydrogen-bond acceptors (Lipinski definition) is 6. The maximum atomic E-state index is 13.1. The van der Waals surface area contributed by atoms with Crippen molar-refractivity contribution in [3.05, 3.63) is 117 Å². The van der Waals surface area contributed by atoms with Gasteiger partial charge in [-0.05, 0) is 46.9 Å². The zero-order valence-electron chi connectivity index (χ0n) is 19.9. The summed E-state index contributed by atoms with van der Waals surface area (Å²) in [6, 6.07) is 26.3. The largest absolute Gasteiger partial charge is 0.456 e.